The van der Waals surface area contributed by atoms with Gasteiger partial charge in [-0.3, -0.25) is 0 Å². The van der Waals surface area contributed by atoms with Crippen molar-refractivity contribution in [3.05, 3.63) is 47.8 Å². The van der Waals surface area contributed by atoms with Gasteiger partial charge in [0.25, 0.3) is 0 Å². The molecule has 0 atom stereocenters. The highest BCUT2D eigenvalue weighted by molar-refractivity contribution is 5.60. The van der Waals surface area contributed by atoms with Gasteiger partial charge in [0, 0.05) is 12.4 Å². The van der Waals surface area contributed by atoms with Crippen LogP contribution in [0.15, 0.2) is 36.7 Å². The van der Waals surface area contributed by atoms with Crippen molar-refractivity contribution < 1.29 is 26.3 Å². The molecule has 0 fully saturated rings. The van der Waals surface area contributed by atoms with E-state index in [4.69, 9.17) is 0 Å². The molecular weight excluding hydrogens is 300 g/mol. The van der Waals surface area contributed by atoms with Gasteiger partial charge in [0.1, 0.15) is 11.6 Å². The number of nitrogens with zero attached hydrogens (tertiary/aromatic N) is 2. The second-order valence-electron chi connectivity index (χ2n) is 3.92. The van der Waals surface area contributed by atoms with Crippen LogP contribution in [0.4, 0.5) is 38.0 Å². The number of rotatable bonds is 2. The molecule has 1 N–H and O–H groups in total. The van der Waals surface area contributed by atoms with Crippen LogP contribution in [0.25, 0.3) is 0 Å². The molecule has 0 unspecified atom stereocenters. The third-order valence-electron chi connectivity index (χ3n) is 2.46. The maximum Gasteiger partial charge on any atom is 0.419 e. The van der Waals surface area contributed by atoms with Gasteiger partial charge in [-0.25, -0.2) is 9.97 Å². The Morgan fingerprint density at radius 1 is 0.714 bits per heavy atom. The minimum absolute atomic E-state index is 0.714. The van der Waals surface area contributed by atoms with Crippen LogP contribution in [0.5, 0.6) is 0 Å². The van der Waals surface area contributed by atoms with Crippen LogP contribution in [0.1, 0.15) is 11.1 Å². The number of anilines is 2. The molecule has 0 aromatic carbocycles. The number of nitrogens with one attached hydrogen (secondary N) is 1. The fraction of sp³-hybridized carbons (Fsp3) is 0.167. The van der Waals surface area contributed by atoms with E-state index in [1.807, 2.05) is 5.32 Å². The highest BCUT2D eigenvalue weighted by atomic mass is 19.4. The lowest BCUT2D eigenvalue weighted by atomic mass is 10.2. The Kier molecular flexibility index (Phi) is 3.75. The Hall–Kier alpha value is -2.32. The van der Waals surface area contributed by atoms with E-state index in [9.17, 15) is 26.3 Å². The van der Waals surface area contributed by atoms with Crippen molar-refractivity contribution in [2.45, 2.75) is 12.4 Å². The van der Waals surface area contributed by atoms with Gasteiger partial charge in [0.2, 0.25) is 0 Å². The number of hydrogen-bond acceptors (Lipinski definition) is 3. The van der Waals surface area contributed by atoms with Crippen molar-refractivity contribution >= 4 is 11.6 Å². The first-order chi connectivity index (χ1) is 9.69. The standard InChI is InChI=1S/C12H7F6N3/c13-11(14,15)7-3-1-5-19-9(7)21-10-8(12(16,17)18)4-2-6-20-10/h1-6H,(H,19,20,21). The third-order valence-corrected chi connectivity index (χ3v) is 2.46. The summed E-state index contributed by atoms with van der Waals surface area (Å²) in [7, 11) is 0. The fourth-order valence-corrected chi connectivity index (χ4v) is 1.58. The summed E-state index contributed by atoms with van der Waals surface area (Å²) in [6, 6.07) is 3.51. The van der Waals surface area contributed by atoms with E-state index < -0.39 is 35.1 Å². The smallest absolute Gasteiger partial charge is 0.324 e. The highest BCUT2D eigenvalue weighted by Crippen LogP contribution is 2.37. The van der Waals surface area contributed by atoms with E-state index in [0.717, 1.165) is 24.5 Å². The maximum atomic E-state index is 12.8. The summed E-state index contributed by atoms with van der Waals surface area (Å²) in [5.74, 6) is -1.48. The molecule has 0 amide bonds. The van der Waals surface area contributed by atoms with E-state index in [2.05, 4.69) is 9.97 Å². The second-order valence-corrected chi connectivity index (χ2v) is 3.92. The van der Waals surface area contributed by atoms with Crippen molar-refractivity contribution in [3.63, 3.8) is 0 Å². The van der Waals surface area contributed by atoms with E-state index >= 15 is 0 Å². The largest absolute Gasteiger partial charge is 0.419 e. The lowest BCUT2D eigenvalue weighted by Gasteiger charge is -2.15. The third kappa shape index (κ3) is 3.41. The molecule has 2 aromatic heterocycles. The maximum absolute atomic E-state index is 12.8. The fourth-order valence-electron chi connectivity index (χ4n) is 1.58. The molecule has 9 heteroatoms. The Balaban J connectivity index is 2.45. The quantitative estimate of drug-likeness (QED) is 0.843. The molecule has 0 radical (unpaired) electrons. The van der Waals surface area contributed by atoms with Gasteiger partial charge in [-0.05, 0) is 24.3 Å². The van der Waals surface area contributed by atoms with Crippen LogP contribution >= 0.6 is 0 Å². The Morgan fingerprint density at radius 2 is 1.10 bits per heavy atom. The predicted octanol–water partition coefficient (Wildman–Crippen LogP) is 4.26. The molecule has 0 spiro atoms. The topological polar surface area (TPSA) is 37.8 Å². The zero-order valence-corrected chi connectivity index (χ0v) is 10.1. The molecule has 2 heterocycles. The molecule has 0 aliphatic rings. The van der Waals surface area contributed by atoms with E-state index in [1.165, 1.54) is 0 Å². The van der Waals surface area contributed by atoms with E-state index in [0.29, 0.717) is 12.1 Å². The first-order valence-electron chi connectivity index (χ1n) is 5.51. The minimum Gasteiger partial charge on any atom is -0.324 e. The van der Waals surface area contributed by atoms with E-state index in [1.54, 1.807) is 0 Å². The van der Waals surface area contributed by atoms with Crippen LogP contribution < -0.4 is 5.32 Å². The van der Waals surface area contributed by atoms with Crippen LogP contribution in [0.3, 0.4) is 0 Å². The SMILES string of the molecule is FC(F)(F)c1cccnc1Nc1ncccc1C(F)(F)F. The Bertz CT molecular complexity index is 580. The molecule has 2 rings (SSSR count). The molecule has 0 saturated carbocycles. The Labute approximate surface area is 114 Å². The normalized spacial score (nSPS) is 12.3. The summed E-state index contributed by atoms with van der Waals surface area (Å²) in [6.07, 6.45) is -7.42. The van der Waals surface area contributed by atoms with Gasteiger partial charge >= 0.3 is 12.4 Å². The molecule has 0 aliphatic carbocycles. The molecule has 21 heavy (non-hydrogen) atoms. The van der Waals surface area contributed by atoms with Crippen LogP contribution in [-0.2, 0) is 12.4 Å². The van der Waals surface area contributed by atoms with Crippen LogP contribution in [0.2, 0.25) is 0 Å². The molecule has 0 saturated heterocycles. The first kappa shape index (κ1) is 15.1. The van der Waals surface area contributed by atoms with Crippen molar-refractivity contribution in [1.82, 2.24) is 9.97 Å². The number of halogens is 6. The average Bonchev–Trinajstić information content (AvgIpc) is 2.37. The summed E-state index contributed by atoms with van der Waals surface area (Å²) in [5.41, 5.74) is -2.35. The molecular formula is C12H7F6N3. The van der Waals surface area contributed by atoms with Crippen molar-refractivity contribution in [1.29, 1.82) is 0 Å². The number of pyridine rings is 2. The monoisotopic (exact) mass is 307 g/mol. The van der Waals surface area contributed by atoms with Crippen LogP contribution in [0, 0.1) is 0 Å². The van der Waals surface area contributed by atoms with Crippen molar-refractivity contribution in [2.24, 2.45) is 0 Å². The zero-order valence-electron chi connectivity index (χ0n) is 10.1. The number of hydrogen-bond donors (Lipinski definition) is 1. The molecule has 112 valence electrons. The molecule has 3 nitrogen and oxygen atoms in total. The van der Waals surface area contributed by atoms with Crippen LogP contribution in [-0.4, -0.2) is 9.97 Å². The minimum atomic E-state index is -4.75. The second kappa shape index (κ2) is 5.23. The summed E-state index contributed by atoms with van der Waals surface area (Å²) >= 11 is 0. The van der Waals surface area contributed by atoms with Gasteiger partial charge in [0.15, 0.2) is 0 Å². The summed E-state index contributed by atoms with van der Waals surface area (Å²) in [4.78, 5) is 6.85. The van der Waals surface area contributed by atoms with Gasteiger partial charge in [-0.2, -0.15) is 26.3 Å². The zero-order chi connectivity index (χ0) is 15.7. The van der Waals surface area contributed by atoms with Crippen molar-refractivity contribution in [2.75, 3.05) is 5.32 Å². The first-order valence-corrected chi connectivity index (χ1v) is 5.51. The van der Waals surface area contributed by atoms with Crippen molar-refractivity contribution in [3.8, 4) is 0 Å². The summed E-state index contributed by atoms with van der Waals surface area (Å²) < 4.78 is 76.6. The lowest BCUT2D eigenvalue weighted by Crippen LogP contribution is -2.14. The molecule has 0 aliphatic heterocycles. The van der Waals surface area contributed by atoms with Gasteiger partial charge in [0.05, 0.1) is 11.1 Å². The number of alkyl halides is 6. The predicted molar refractivity (Wildman–Crippen MR) is 61.8 cm³/mol. The molecule has 2 aromatic rings. The van der Waals surface area contributed by atoms with Gasteiger partial charge in [-0.15, -0.1) is 0 Å². The number of aromatic nitrogens is 2. The lowest BCUT2D eigenvalue weighted by molar-refractivity contribution is -0.137. The van der Waals surface area contributed by atoms with E-state index in [-0.39, 0.29) is 0 Å². The molecule has 0 bridgehead atoms. The van der Waals surface area contributed by atoms with Gasteiger partial charge < -0.3 is 5.32 Å². The summed E-state index contributed by atoms with van der Waals surface area (Å²) in [6.45, 7) is 0. The van der Waals surface area contributed by atoms with Gasteiger partial charge in [-0.1, -0.05) is 0 Å². The summed E-state index contributed by atoms with van der Waals surface area (Å²) in [5, 5.41) is 1.99. The average molecular weight is 307 g/mol. The Morgan fingerprint density at radius 3 is 1.43 bits per heavy atom. The highest BCUT2D eigenvalue weighted by Gasteiger charge is 2.37.